The molecule has 0 unspecified atom stereocenters. The summed E-state index contributed by atoms with van der Waals surface area (Å²) in [4.78, 5) is 4.64. The van der Waals surface area contributed by atoms with Crippen LogP contribution < -0.4 is 5.73 Å². The smallest absolute Gasteiger partial charge is 0.106 e. The van der Waals surface area contributed by atoms with E-state index in [0.29, 0.717) is 12.6 Å². The minimum absolute atomic E-state index is 0.699. The topological polar surface area (TPSA) is 43.8 Å². The highest BCUT2D eigenvalue weighted by molar-refractivity contribution is 5.77. The summed E-state index contributed by atoms with van der Waals surface area (Å²) in [6.45, 7) is 2.80. The van der Waals surface area contributed by atoms with Crippen LogP contribution in [0.25, 0.3) is 11.0 Å². The molecule has 1 saturated carbocycles. The molecule has 0 atom stereocenters. The first-order chi connectivity index (χ1) is 7.79. The Bertz CT molecular complexity index is 523. The fourth-order valence-corrected chi connectivity index (χ4v) is 2.38. The largest absolute Gasteiger partial charge is 0.330 e. The Morgan fingerprint density at radius 1 is 1.44 bits per heavy atom. The maximum absolute atomic E-state index is 5.57. The maximum Gasteiger partial charge on any atom is 0.106 e. The zero-order valence-electron chi connectivity index (χ0n) is 9.61. The average Bonchev–Trinajstić information content (AvgIpc) is 3.02. The number of hydrogen-bond donors (Lipinski definition) is 1. The lowest BCUT2D eigenvalue weighted by molar-refractivity contribution is 0.734. The highest BCUT2D eigenvalue weighted by Crippen LogP contribution is 2.38. The molecule has 1 aromatic carbocycles. The SMILES string of the molecule is Cc1nc2cc(CCN)ccc2n1C1CC1. The van der Waals surface area contributed by atoms with E-state index in [2.05, 4.69) is 34.7 Å². The molecule has 0 radical (unpaired) electrons. The summed E-state index contributed by atoms with van der Waals surface area (Å²) in [5.41, 5.74) is 9.26. The van der Waals surface area contributed by atoms with Gasteiger partial charge in [0.05, 0.1) is 11.0 Å². The summed E-state index contributed by atoms with van der Waals surface area (Å²) in [6.07, 6.45) is 3.54. The van der Waals surface area contributed by atoms with Gasteiger partial charge in [0.2, 0.25) is 0 Å². The van der Waals surface area contributed by atoms with E-state index in [1.807, 2.05) is 0 Å². The molecule has 1 heterocycles. The van der Waals surface area contributed by atoms with E-state index in [1.165, 1.54) is 23.9 Å². The number of nitrogens with two attached hydrogens (primary N) is 1. The molecule has 84 valence electrons. The van der Waals surface area contributed by atoms with Crippen LogP contribution in [0.1, 0.15) is 30.3 Å². The molecule has 3 heteroatoms. The van der Waals surface area contributed by atoms with Crippen molar-refractivity contribution in [3.05, 3.63) is 29.6 Å². The standard InChI is InChI=1S/C13H17N3/c1-9-15-12-8-10(6-7-14)2-5-13(12)16(9)11-3-4-11/h2,5,8,11H,3-4,6-7,14H2,1H3. The highest BCUT2D eigenvalue weighted by atomic mass is 15.1. The third kappa shape index (κ3) is 1.52. The van der Waals surface area contributed by atoms with Crippen molar-refractivity contribution in [2.75, 3.05) is 6.54 Å². The third-order valence-electron chi connectivity index (χ3n) is 3.28. The van der Waals surface area contributed by atoms with Crippen molar-refractivity contribution >= 4 is 11.0 Å². The lowest BCUT2D eigenvalue weighted by Gasteiger charge is -2.04. The fraction of sp³-hybridized carbons (Fsp3) is 0.462. The van der Waals surface area contributed by atoms with Crippen molar-refractivity contribution in [2.45, 2.75) is 32.2 Å². The van der Waals surface area contributed by atoms with Crippen LogP contribution >= 0.6 is 0 Å². The van der Waals surface area contributed by atoms with Crippen LogP contribution in [0.4, 0.5) is 0 Å². The van der Waals surface area contributed by atoms with Gasteiger partial charge in [-0.3, -0.25) is 0 Å². The predicted octanol–water partition coefficient (Wildman–Crippen LogP) is 2.18. The summed E-state index contributed by atoms with van der Waals surface area (Å²) >= 11 is 0. The zero-order chi connectivity index (χ0) is 11.1. The number of fused-ring (bicyclic) bond motifs is 1. The highest BCUT2D eigenvalue weighted by Gasteiger charge is 2.26. The molecule has 0 amide bonds. The van der Waals surface area contributed by atoms with Gasteiger partial charge in [-0.25, -0.2) is 4.98 Å². The molecule has 1 aliphatic carbocycles. The van der Waals surface area contributed by atoms with Crippen molar-refractivity contribution in [3.63, 3.8) is 0 Å². The minimum Gasteiger partial charge on any atom is -0.330 e. The number of benzene rings is 1. The average molecular weight is 215 g/mol. The number of rotatable bonds is 3. The first-order valence-electron chi connectivity index (χ1n) is 5.97. The molecule has 0 bridgehead atoms. The van der Waals surface area contributed by atoms with Crippen LogP contribution in [0, 0.1) is 6.92 Å². The van der Waals surface area contributed by atoms with Gasteiger partial charge in [0.25, 0.3) is 0 Å². The van der Waals surface area contributed by atoms with E-state index in [1.54, 1.807) is 0 Å². The van der Waals surface area contributed by atoms with Crippen LogP contribution in [0.15, 0.2) is 18.2 Å². The van der Waals surface area contributed by atoms with Gasteiger partial charge < -0.3 is 10.3 Å². The number of hydrogen-bond acceptors (Lipinski definition) is 2. The van der Waals surface area contributed by atoms with Gasteiger partial charge in [0.1, 0.15) is 5.82 Å². The van der Waals surface area contributed by atoms with Crippen LogP contribution in [0.2, 0.25) is 0 Å². The lowest BCUT2D eigenvalue weighted by Crippen LogP contribution is -2.02. The van der Waals surface area contributed by atoms with Crippen molar-refractivity contribution < 1.29 is 0 Å². The summed E-state index contributed by atoms with van der Waals surface area (Å²) in [7, 11) is 0. The second kappa shape index (κ2) is 3.59. The van der Waals surface area contributed by atoms with Gasteiger partial charge in [-0.15, -0.1) is 0 Å². The number of imidazole rings is 1. The molecular formula is C13H17N3. The van der Waals surface area contributed by atoms with Gasteiger partial charge in [-0.2, -0.15) is 0 Å². The monoisotopic (exact) mass is 215 g/mol. The first-order valence-corrected chi connectivity index (χ1v) is 5.97. The molecule has 2 N–H and O–H groups in total. The van der Waals surface area contributed by atoms with Gasteiger partial charge in [-0.1, -0.05) is 6.07 Å². The minimum atomic E-state index is 0.699. The van der Waals surface area contributed by atoms with E-state index < -0.39 is 0 Å². The molecule has 16 heavy (non-hydrogen) atoms. The summed E-state index contributed by atoms with van der Waals surface area (Å²) in [5, 5.41) is 0. The lowest BCUT2D eigenvalue weighted by atomic mass is 10.1. The predicted molar refractivity (Wildman–Crippen MR) is 65.5 cm³/mol. The summed E-state index contributed by atoms with van der Waals surface area (Å²) < 4.78 is 2.38. The van der Waals surface area contributed by atoms with E-state index >= 15 is 0 Å². The molecule has 1 fully saturated rings. The Morgan fingerprint density at radius 3 is 2.94 bits per heavy atom. The first kappa shape index (κ1) is 9.85. The van der Waals surface area contributed by atoms with E-state index in [4.69, 9.17) is 5.73 Å². The van der Waals surface area contributed by atoms with Gasteiger partial charge in [0.15, 0.2) is 0 Å². The van der Waals surface area contributed by atoms with Gasteiger partial charge in [-0.05, 0) is 50.4 Å². The van der Waals surface area contributed by atoms with Crippen LogP contribution in [-0.4, -0.2) is 16.1 Å². The van der Waals surface area contributed by atoms with Crippen LogP contribution in [0.3, 0.4) is 0 Å². The Balaban J connectivity index is 2.12. The van der Waals surface area contributed by atoms with Gasteiger partial charge in [0, 0.05) is 6.04 Å². The Labute approximate surface area is 95.3 Å². The molecule has 0 aliphatic heterocycles. The van der Waals surface area contributed by atoms with Crippen molar-refractivity contribution in [3.8, 4) is 0 Å². The van der Waals surface area contributed by atoms with Crippen LogP contribution in [-0.2, 0) is 6.42 Å². The normalized spacial score (nSPS) is 15.9. The second-order valence-corrected chi connectivity index (χ2v) is 4.62. The summed E-state index contributed by atoms with van der Waals surface area (Å²) in [6, 6.07) is 7.24. The summed E-state index contributed by atoms with van der Waals surface area (Å²) in [5.74, 6) is 1.14. The molecule has 0 saturated heterocycles. The maximum atomic E-state index is 5.57. The molecule has 1 aromatic heterocycles. The van der Waals surface area contributed by atoms with Crippen molar-refractivity contribution in [2.24, 2.45) is 5.73 Å². The Hall–Kier alpha value is -1.35. The van der Waals surface area contributed by atoms with E-state index in [9.17, 15) is 0 Å². The molecule has 1 aliphatic rings. The van der Waals surface area contributed by atoms with Crippen LogP contribution in [0.5, 0.6) is 0 Å². The molecule has 3 nitrogen and oxygen atoms in total. The van der Waals surface area contributed by atoms with Crippen molar-refractivity contribution in [1.29, 1.82) is 0 Å². The Kier molecular flexibility index (Phi) is 2.21. The molecule has 3 rings (SSSR count). The molecule has 2 aromatic rings. The number of nitrogens with zero attached hydrogens (tertiary/aromatic N) is 2. The van der Waals surface area contributed by atoms with E-state index in [-0.39, 0.29) is 0 Å². The quantitative estimate of drug-likeness (QED) is 0.852. The Morgan fingerprint density at radius 2 is 2.25 bits per heavy atom. The second-order valence-electron chi connectivity index (χ2n) is 4.62. The molecule has 0 spiro atoms. The number of aryl methyl sites for hydroxylation is 1. The van der Waals surface area contributed by atoms with Crippen molar-refractivity contribution in [1.82, 2.24) is 9.55 Å². The number of aromatic nitrogens is 2. The fourth-order valence-electron chi connectivity index (χ4n) is 2.38. The van der Waals surface area contributed by atoms with E-state index in [0.717, 1.165) is 17.8 Å². The van der Waals surface area contributed by atoms with Gasteiger partial charge >= 0.3 is 0 Å². The zero-order valence-corrected chi connectivity index (χ0v) is 9.61. The third-order valence-corrected chi connectivity index (χ3v) is 3.28. The molecular weight excluding hydrogens is 198 g/mol.